The number of nitrogen functional groups attached to an aromatic ring is 4. The second kappa shape index (κ2) is 38.4. The van der Waals surface area contributed by atoms with Gasteiger partial charge < -0.3 is 60.8 Å². The molecule has 12 aromatic heterocycles. The van der Waals surface area contributed by atoms with Crippen molar-refractivity contribution in [3.05, 3.63) is 248 Å². The average molecular weight is 1870 g/mol. The number of sulfonamides is 1. The van der Waals surface area contributed by atoms with Gasteiger partial charge in [-0.2, -0.15) is 39.5 Å². The third-order valence-corrected chi connectivity index (χ3v) is 27.5. The Morgan fingerprint density at radius 3 is 1.13 bits per heavy atom. The number of nitrogens with zero attached hydrogens (tertiary/aromatic N) is 27. The van der Waals surface area contributed by atoms with Crippen molar-refractivity contribution in [3.63, 3.8) is 0 Å². The fourth-order valence-electron chi connectivity index (χ4n) is 17.4. The van der Waals surface area contributed by atoms with Crippen LogP contribution >= 0.6 is 0 Å². The number of likely N-dealkylation sites (N-methyl/N-ethyl adjacent to an activating group) is 2. The molecule has 0 unspecified atom stereocenters. The number of hydrogen-bond acceptors (Lipinski definition) is 34. The van der Waals surface area contributed by atoms with Gasteiger partial charge in [0.15, 0.2) is 23.3 Å². The van der Waals surface area contributed by atoms with Crippen LogP contribution in [0.3, 0.4) is 0 Å². The Balaban J connectivity index is 0.000000122. The van der Waals surface area contributed by atoms with Crippen LogP contribution in [0.2, 0.25) is 0 Å². The standard InChI is InChI=1S/C25H27N9O3S.C24H26N8O2.C24H25N7O2.C23H25N7O2/c1-38(35,36)34-11-9-33(10-12-34)21-16-27-20(15-28-21)22-31-23(32-37-22)25(7-2-8-25)19-5-3-17(4-6-19)18-13-29-24(26)30-14-18;1-3-31(2)20(33)15-32-14-18(13-28-32)21-29-22(30-34-21)24(9-4-10-24)19-7-5-16(6-8-19)17-11-26-23(25)27-12-17;1-30(2)21(32)15-31-14-18(13-27-31)22-28-23(29-33-22)24(10-3-11-24)19-7-4-16(5-8-19)17-6-9-20(25)26-12-17;1-22(2,31)14-30-13-16(10-27-30)20-28-21(29-32-20)23(8-3-9-23)17-6-4-15(5-7-17)18-11-26-19(24)12-25-18/h3-6,13-16H,2,7-12H2,1H3,(H2,26,29,30);5-8,11-14H,3-4,9-10,15H2,1-2H3,(H2,25,26,27);4-9,12-14H,3,10-11,15H2,1-2H3,(H2,25,26);4-7,10-13,31H,3,8-9,14H2,1-2H3,(H2,24,26). The lowest BCUT2D eigenvalue weighted by molar-refractivity contribution is -0.130. The highest BCUT2D eigenvalue weighted by molar-refractivity contribution is 7.88. The van der Waals surface area contributed by atoms with Crippen LogP contribution in [0.25, 0.3) is 90.6 Å². The molecule has 0 spiro atoms. The average Bonchev–Trinajstić information content (AvgIpc) is 1.69. The van der Waals surface area contributed by atoms with Crippen molar-refractivity contribution >= 4 is 51.2 Å². The lowest BCUT2D eigenvalue weighted by atomic mass is 9.64. The largest absolute Gasteiger partial charge is 0.389 e. The number of carbonyl (C=O) groups excluding carboxylic acids is 2. The summed E-state index contributed by atoms with van der Waals surface area (Å²) in [6, 6.07) is 37.1. The number of amides is 2. The van der Waals surface area contributed by atoms with Crippen LogP contribution in [0.1, 0.15) is 143 Å². The molecule has 41 heteroatoms. The smallest absolute Gasteiger partial charge is 0.278 e. The van der Waals surface area contributed by atoms with Crippen LogP contribution in [0.4, 0.5) is 29.4 Å². The molecule has 0 radical (unpaired) electrons. The summed E-state index contributed by atoms with van der Waals surface area (Å²) in [6.07, 6.45) is 38.7. The highest BCUT2D eigenvalue weighted by atomic mass is 32.2. The molecule has 4 saturated carbocycles. The van der Waals surface area contributed by atoms with Gasteiger partial charge in [-0.3, -0.25) is 28.6 Å². The minimum atomic E-state index is -3.18. The molecule has 21 rings (SSSR count). The SMILES string of the molecule is CC(C)(O)Cn1cc(-c2nc(C3(c4ccc(-c5cnc(N)cn5)cc4)CCC3)no2)cn1.CCN(C)C(=O)Cn1cc(-c2nc(C3(c4ccc(-c5cnc(N)nc5)cc4)CCC3)no2)cn1.CN(C)C(=O)Cn1cc(-c2nc(C3(c4ccc(-c5ccc(N)nc5)cc4)CCC3)no2)cn1.CS(=O)(=O)N1CCN(c2cnc(-c3nc(C4(c5ccc(-c6cnc(N)nc6)cc5)CCC4)no3)cn2)CC1. The van der Waals surface area contributed by atoms with E-state index in [0.717, 1.165) is 144 Å². The second-order valence-electron chi connectivity index (χ2n) is 35.9. The van der Waals surface area contributed by atoms with E-state index in [9.17, 15) is 23.1 Å². The maximum atomic E-state index is 12.2. The van der Waals surface area contributed by atoms with E-state index in [4.69, 9.17) is 61.0 Å². The second-order valence-corrected chi connectivity index (χ2v) is 37.9. The molecule has 4 aromatic carbocycles. The van der Waals surface area contributed by atoms with Gasteiger partial charge >= 0.3 is 0 Å². The fraction of sp³-hybridized carbons (Fsp3) is 0.333. The van der Waals surface area contributed by atoms with Crippen LogP contribution in [-0.2, 0) is 60.9 Å². The molecule has 0 bridgehead atoms. The first-order valence-electron chi connectivity index (χ1n) is 45.1. The molecule has 9 N–H and O–H groups in total. The maximum Gasteiger partial charge on any atom is 0.278 e. The summed E-state index contributed by atoms with van der Waals surface area (Å²) in [5.41, 5.74) is 35.5. The van der Waals surface area contributed by atoms with Crippen molar-refractivity contribution in [1.29, 1.82) is 0 Å². The normalized spacial score (nSPS) is 15.7. The predicted octanol–water partition coefficient (Wildman–Crippen LogP) is 11.4. The van der Waals surface area contributed by atoms with Gasteiger partial charge in [0.2, 0.25) is 33.7 Å². The van der Waals surface area contributed by atoms with E-state index in [2.05, 4.69) is 154 Å². The molecular weight excluding hydrogens is 1760 g/mol. The molecule has 16 aromatic rings. The number of hydrogen-bond donors (Lipinski definition) is 5. The number of piperazine rings is 1. The zero-order chi connectivity index (χ0) is 95.4. The number of nitrogens with two attached hydrogens (primary N) is 4. The van der Waals surface area contributed by atoms with Gasteiger partial charge in [0.1, 0.15) is 36.2 Å². The zero-order valence-corrected chi connectivity index (χ0v) is 77.5. The molecule has 1 aliphatic heterocycles. The third-order valence-electron chi connectivity index (χ3n) is 26.2. The topological polar surface area (TPSA) is 531 Å². The number of carbonyl (C=O) groups is 2. The molecule has 2 amide bonds. The number of benzene rings is 4. The summed E-state index contributed by atoms with van der Waals surface area (Å²) in [6.45, 7) is 8.72. The van der Waals surface area contributed by atoms with Crippen molar-refractivity contribution in [2.75, 3.05) is 88.0 Å². The molecule has 137 heavy (non-hydrogen) atoms. The molecule has 5 aliphatic rings. The van der Waals surface area contributed by atoms with Crippen LogP contribution in [0.5, 0.6) is 0 Å². The first kappa shape index (κ1) is 91.8. The van der Waals surface area contributed by atoms with Crippen LogP contribution in [0.15, 0.2) is 220 Å². The van der Waals surface area contributed by atoms with Crippen molar-refractivity contribution in [2.45, 2.75) is 145 Å². The molecule has 13 heterocycles. The zero-order valence-electron chi connectivity index (χ0n) is 76.7. The van der Waals surface area contributed by atoms with Crippen LogP contribution in [-0.4, -0.2) is 220 Å². The minimum absolute atomic E-state index is 0.00855. The minimum Gasteiger partial charge on any atom is -0.389 e. The Kier molecular flexibility index (Phi) is 25.7. The Hall–Kier alpha value is -15.7. The van der Waals surface area contributed by atoms with E-state index < -0.39 is 15.6 Å². The maximum absolute atomic E-state index is 12.2. The van der Waals surface area contributed by atoms with Gasteiger partial charge in [-0.15, -0.1) is 0 Å². The van der Waals surface area contributed by atoms with E-state index in [1.165, 1.54) is 21.0 Å². The summed E-state index contributed by atoms with van der Waals surface area (Å²) in [5.74, 6) is 6.30. The lowest BCUT2D eigenvalue weighted by Crippen LogP contribution is -2.48. The van der Waals surface area contributed by atoms with Crippen molar-refractivity contribution in [3.8, 4) is 90.6 Å². The summed E-state index contributed by atoms with van der Waals surface area (Å²) in [4.78, 5) is 86.1. The van der Waals surface area contributed by atoms with Gasteiger partial charge in [0.25, 0.3) is 23.6 Å². The van der Waals surface area contributed by atoms with E-state index in [-0.39, 0.29) is 58.5 Å². The number of aromatic nitrogens is 23. The highest BCUT2D eigenvalue weighted by Gasteiger charge is 2.49. The molecular formula is C96H103N31O9S. The van der Waals surface area contributed by atoms with Gasteiger partial charge in [-0.1, -0.05) is 143 Å². The van der Waals surface area contributed by atoms with Gasteiger partial charge in [-0.05, 0) is 123 Å². The van der Waals surface area contributed by atoms with E-state index >= 15 is 0 Å². The van der Waals surface area contributed by atoms with E-state index in [0.29, 0.717) is 120 Å². The van der Waals surface area contributed by atoms with Gasteiger partial charge in [-0.25, -0.2) is 48.3 Å². The molecule has 0 atom stereocenters. The quantitative estimate of drug-likeness (QED) is 0.0355. The van der Waals surface area contributed by atoms with Crippen molar-refractivity contribution < 1.29 is 41.2 Å². The monoisotopic (exact) mass is 1870 g/mol. The van der Waals surface area contributed by atoms with E-state index in [1.807, 2.05) is 48.4 Å². The third kappa shape index (κ3) is 19.7. The summed E-state index contributed by atoms with van der Waals surface area (Å²) >= 11 is 0. The number of anilines is 5. The number of pyridine rings is 1. The van der Waals surface area contributed by atoms with Crippen LogP contribution in [0, 0.1) is 0 Å². The Morgan fingerprint density at radius 2 is 0.766 bits per heavy atom. The Morgan fingerprint density at radius 1 is 0.401 bits per heavy atom. The number of rotatable bonds is 25. The van der Waals surface area contributed by atoms with Crippen LogP contribution < -0.4 is 27.8 Å². The highest BCUT2D eigenvalue weighted by Crippen LogP contribution is 2.53. The predicted molar refractivity (Wildman–Crippen MR) is 507 cm³/mol. The lowest BCUT2D eigenvalue weighted by Gasteiger charge is -2.39. The Labute approximate surface area is 787 Å². The molecule has 1 saturated heterocycles. The summed E-state index contributed by atoms with van der Waals surface area (Å²) in [7, 11) is 2.02. The first-order valence-corrected chi connectivity index (χ1v) is 46.9. The summed E-state index contributed by atoms with van der Waals surface area (Å²) in [5, 5.41) is 40.2. The summed E-state index contributed by atoms with van der Waals surface area (Å²) < 4.78 is 52.2. The molecule has 5 fully saturated rings. The van der Waals surface area contributed by atoms with Crippen molar-refractivity contribution in [2.24, 2.45) is 0 Å². The van der Waals surface area contributed by atoms with Gasteiger partial charge in [0.05, 0.1) is 106 Å². The molecule has 702 valence electrons. The number of aliphatic hydroxyl groups is 1. The Bertz CT molecular complexity index is 6970. The fourth-order valence-corrected chi connectivity index (χ4v) is 18.2. The van der Waals surface area contributed by atoms with Gasteiger partial charge in [0, 0.05) is 126 Å². The van der Waals surface area contributed by atoms with E-state index in [1.54, 1.807) is 147 Å². The molecule has 4 aliphatic carbocycles. The van der Waals surface area contributed by atoms with Crippen molar-refractivity contribution in [1.82, 2.24) is 129 Å². The first-order chi connectivity index (χ1) is 66.1. The molecule has 40 nitrogen and oxygen atoms in total.